The third kappa shape index (κ3) is 5.76. The van der Waals surface area contributed by atoms with Crippen molar-refractivity contribution in [3.8, 4) is 0 Å². The van der Waals surface area contributed by atoms with Gasteiger partial charge in [0.15, 0.2) is 0 Å². The van der Waals surface area contributed by atoms with Crippen LogP contribution in [0.2, 0.25) is 5.15 Å². The zero-order valence-electron chi connectivity index (χ0n) is 11.6. The van der Waals surface area contributed by atoms with Crippen molar-refractivity contribution in [2.45, 2.75) is 5.75 Å². The molecule has 2 aromatic heterocycles. The van der Waals surface area contributed by atoms with Crippen LogP contribution in [0, 0.1) is 5.82 Å². The molecule has 0 bridgehead atoms. The van der Waals surface area contributed by atoms with E-state index in [2.05, 4.69) is 9.97 Å². The van der Waals surface area contributed by atoms with E-state index in [9.17, 15) is 17.6 Å². The van der Waals surface area contributed by atoms with E-state index in [0.29, 0.717) is 11.1 Å². The van der Waals surface area contributed by atoms with Gasteiger partial charge in [-0.2, -0.15) is 0 Å². The maximum absolute atomic E-state index is 12.9. The molecule has 120 valence electrons. The highest BCUT2D eigenvalue weighted by molar-refractivity contribution is 7.89. The zero-order valence-corrected chi connectivity index (χ0v) is 13.2. The van der Waals surface area contributed by atoms with Gasteiger partial charge in [-0.25, -0.2) is 22.5 Å². The van der Waals surface area contributed by atoms with Gasteiger partial charge in [0, 0.05) is 18.5 Å². The Bertz CT molecular complexity index is 839. The molecule has 0 aliphatic carbocycles. The molecule has 0 aromatic carbocycles. The van der Waals surface area contributed by atoms with Gasteiger partial charge >= 0.3 is 0 Å². The van der Waals surface area contributed by atoms with Crippen molar-refractivity contribution in [2.75, 3.05) is 0 Å². The van der Waals surface area contributed by atoms with Crippen LogP contribution in [0.4, 0.5) is 4.39 Å². The highest BCUT2D eigenvalue weighted by Gasteiger charge is 2.14. The summed E-state index contributed by atoms with van der Waals surface area (Å²) < 4.78 is 38.5. The van der Waals surface area contributed by atoms with E-state index in [1.165, 1.54) is 30.6 Å². The van der Waals surface area contributed by atoms with E-state index in [1.807, 2.05) is 4.72 Å². The topological polar surface area (TPSA) is 89.0 Å². The Morgan fingerprint density at radius 1 is 1.30 bits per heavy atom. The fourth-order valence-electron chi connectivity index (χ4n) is 1.63. The lowest BCUT2D eigenvalue weighted by atomic mass is 10.2. The quantitative estimate of drug-likeness (QED) is 0.654. The largest absolute Gasteiger partial charge is 0.269 e. The molecule has 1 N–H and O–H groups in total. The summed E-state index contributed by atoms with van der Waals surface area (Å²) >= 11 is 5.61. The number of nitrogens with one attached hydrogen (secondary N) is 1. The lowest BCUT2D eigenvalue weighted by Crippen LogP contribution is -2.30. The Labute approximate surface area is 137 Å². The van der Waals surface area contributed by atoms with Crippen LogP contribution in [0.3, 0.4) is 0 Å². The van der Waals surface area contributed by atoms with Crippen molar-refractivity contribution in [2.24, 2.45) is 0 Å². The monoisotopic (exact) mass is 355 g/mol. The molecule has 2 rings (SSSR count). The van der Waals surface area contributed by atoms with Crippen LogP contribution >= 0.6 is 11.6 Å². The number of rotatable bonds is 5. The number of amides is 1. The first-order chi connectivity index (χ1) is 10.8. The summed E-state index contributed by atoms with van der Waals surface area (Å²) in [4.78, 5) is 19.0. The van der Waals surface area contributed by atoms with Crippen molar-refractivity contribution in [3.63, 3.8) is 0 Å². The number of carbonyl (C=O) groups excluding carboxylic acids is 1. The number of hydrogen-bond acceptors (Lipinski definition) is 5. The summed E-state index contributed by atoms with van der Waals surface area (Å²) in [5.74, 6) is -1.83. The molecule has 0 aliphatic heterocycles. The van der Waals surface area contributed by atoms with Crippen LogP contribution < -0.4 is 4.72 Å². The Kier molecular flexibility index (Phi) is 5.41. The predicted octanol–water partition coefficient (Wildman–Crippen LogP) is 1.93. The summed E-state index contributed by atoms with van der Waals surface area (Å²) in [6.45, 7) is 0. The van der Waals surface area contributed by atoms with E-state index in [-0.39, 0.29) is 5.15 Å². The minimum atomic E-state index is -3.88. The average Bonchev–Trinajstić information content (AvgIpc) is 2.47. The second-order valence-corrected chi connectivity index (χ2v) is 6.59. The lowest BCUT2D eigenvalue weighted by Gasteiger charge is -2.04. The van der Waals surface area contributed by atoms with Crippen molar-refractivity contribution < 1.29 is 17.6 Å². The molecule has 0 unspecified atom stereocenters. The van der Waals surface area contributed by atoms with Gasteiger partial charge < -0.3 is 0 Å². The van der Waals surface area contributed by atoms with Crippen LogP contribution in [0.15, 0.2) is 42.9 Å². The van der Waals surface area contributed by atoms with E-state index >= 15 is 0 Å². The minimum Gasteiger partial charge on any atom is -0.269 e. The third-order valence-electron chi connectivity index (χ3n) is 2.55. The molecule has 23 heavy (non-hydrogen) atoms. The standard InChI is InChI=1S/C14H11ClFN3O3S/c15-13-3-1-11(7-18-13)9-23(21,22)19-14(20)4-2-10-5-12(16)8-17-6-10/h1-8H,9H2,(H,19,20)/b4-2+. The number of hydrogen-bond donors (Lipinski definition) is 1. The molecule has 0 atom stereocenters. The molecule has 0 saturated heterocycles. The summed E-state index contributed by atoms with van der Waals surface area (Å²) in [5.41, 5.74) is 0.715. The molecule has 1 amide bonds. The molecule has 0 radical (unpaired) electrons. The van der Waals surface area contributed by atoms with Crippen molar-refractivity contribution in [1.29, 1.82) is 0 Å². The molecule has 2 aromatic rings. The third-order valence-corrected chi connectivity index (χ3v) is 4.00. The summed E-state index contributed by atoms with van der Waals surface area (Å²) in [7, 11) is -3.88. The second-order valence-electron chi connectivity index (χ2n) is 4.48. The molecular formula is C14H11ClFN3O3S. The predicted molar refractivity (Wildman–Crippen MR) is 83.2 cm³/mol. The normalized spacial score (nSPS) is 11.6. The fourth-order valence-corrected chi connectivity index (χ4v) is 2.79. The van der Waals surface area contributed by atoms with Gasteiger partial charge in [-0.1, -0.05) is 17.7 Å². The van der Waals surface area contributed by atoms with Crippen molar-refractivity contribution in [3.05, 3.63) is 65.0 Å². The number of sulfonamides is 1. The smallest absolute Gasteiger partial charge is 0.257 e. The van der Waals surface area contributed by atoms with E-state index in [1.54, 1.807) is 0 Å². The number of pyridine rings is 2. The highest BCUT2D eigenvalue weighted by atomic mass is 35.5. The van der Waals surface area contributed by atoms with E-state index < -0.39 is 27.5 Å². The van der Waals surface area contributed by atoms with Gasteiger partial charge in [0.25, 0.3) is 5.91 Å². The van der Waals surface area contributed by atoms with E-state index in [0.717, 1.165) is 18.3 Å². The van der Waals surface area contributed by atoms with Gasteiger partial charge in [0.05, 0.1) is 11.9 Å². The first-order valence-corrected chi connectivity index (χ1v) is 8.30. The molecule has 0 saturated carbocycles. The molecule has 0 aliphatic rings. The maximum Gasteiger partial charge on any atom is 0.257 e. The number of halogens is 2. The van der Waals surface area contributed by atoms with Gasteiger partial charge in [-0.15, -0.1) is 0 Å². The van der Waals surface area contributed by atoms with Crippen LogP contribution in [-0.2, 0) is 20.6 Å². The van der Waals surface area contributed by atoms with Gasteiger partial charge in [-0.05, 0) is 29.3 Å². The Hall–Kier alpha value is -2.32. The van der Waals surface area contributed by atoms with Crippen LogP contribution in [0.1, 0.15) is 11.1 Å². The number of aromatic nitrogens is 2. The Balaban J connectivity index is 1.99. The molecule has 6 nitrogen and oxygen atoms in total. The Morgan fingerprint density at radius 2 is 2.09 bits per heavy atom. The van der Waals surface area contributed by atoms with Gasteiger partial charge in [0.2, 0.25) is 10.0 Å². The minimum absolute atomic E-state index is 0.238. The van der Waals surface area contributed by atoms with Crippen molar-refractivity contribution >= 4 is 33.6 Å². The molecular weight excluding hydrogens is 345 g/mol. The number of nitrogens with zero attached hydrogens (tertiary/aromatic N) is 2. The zero-order chi connectivity index (χ0) is 16.9. The molecule has 0 spiro atoms. The van der Waals surface area contributed by atoms with E-state index in [4.69, 9.17) is 11.6 Å². The first-order valence-electron chi connectivity index (χ1n) is 6.27. The number of carbonyl (C=O) groups is 1. The van der Waals surface area contributed by atoms with Crippen LogP contribution in [0.5, 0.6) is 0 Å². The SMILES string of the molecule is O=C(/C=C/c1cncc(F)c1)NS(=O)(=O)Cc1ccc(Cl)nc1. The Morgan fingerprint density at radius 3 is 2.74 bits per heavy atom. The average molecular weight is 356 g/mol. The molecule has 0 fully saturated rings. The molecule has 2 heterocycles. The maximum atomic E-state index is 12.9. The van der Waals surface area contributed by atoms with Gasteiger partial charge in [0.1, 0.15) is 11.0 Å². The van der Waals surface area contributed by atoms with Crippen LogP contribution in [-0.4, -0.2) is 24.3 Å². The van der Waals surface area contributed by atoms with Crippen LogP contribution in [0.25, 0.3) is 6.08 Å². The lowest BCUT2D eigenvalue weighted by molar-refractivity contribution is -0.114. The first kappa shape index (κ1) is 17.0. The summed E-state index contributed by atoms with van der Waals surface area (Å²) in [5, 5.41) is 0.238. The fraction of sp³-hybridized carbons (Fsp3) is 0.0714. The summed E-state index contributed by atoms with van der Waals surface area (Å²) in [6, 6.07) is 4.10. The second kappa shape index (κ2) is 7.30. The summed E-state index contributed by atoms with van der Waals surface area (Å²) in [6.07, 6.45) is 5.89. The molecule has 9 heteroatoms. The highest BCUT2D eigenvalue weighted by Crippen LogP contribution is 2.08. The van der Waals surface area contributed by atoms with Crippen molar-refractivity contribution in [1.82, 2.24) is 14.7 Å². The van der Waals surface area contributed by atoms with Gasteiger partial charge in [-0.3, -0.25) is 9.78 Å².